The van der Waals surface area contributed by atoms with Gasteiger partial charge in [-0.05, 0) is 57.8 Å². The van der Waals surface area contributed by atoms with E-state index in [-0.39, 0.29) is 31.1 Å². The molecule has 0 amide bonds. The molecule has 68 heavy (non-hydrogen) atoms. The van der Waals surface area contributed by atoms with Crippen molar-refractivity contribution in [2.75, 3.05) is 13.2 Å². The van der Waals surface area contributed by atoms with Crippen LogP contribution >= 0.6 is 0 Å². The molecule has 0 aliphatic carbocycles. The van der Waals surface area contributed by atoms with Crippen molar-refractivity contribution in [1.29, 1.82) is 0 Å². The lowest BCUT2D eigenvalue weighted by Gasteiger charge is -2.18. The van der Waals surface area contributed by atoms with Crippen LogP contribution in [0, 0.1) is 0 Å². The van der Waals surface area contributed by atoms with Crippen molar-refractivity contribution < 1.29 is 28.6 Å². The van der Waals surface area contributed by atoms with E-state index < -0.39 is 6.10 Å². The van der Waals surface area contributed by atoms with Crippen LogP contribution in [-0.4, -0.2) is 37.2 Å². The number of rotatable bonds is 54. The highest BCUT2D eigenvalue weighted by Gasteiger charge is 2.19. The van der Waals surface area contributed by atoms with E-state index in [0.29, 0.717) is 19.3 Å². The molecule has 0 N–H and O–H groups in total. The van der Waals surface area contributed by atoms with Gasteiger partial charge in [0.05, 0.1) is 0 Å². The van der Waals surface area contributed by atoms with Crippen molar-refractivity contribution in [3.8, 4) is 0 Å². The summed E-state index contributed by atoms with van der Waals surface area (Å²) < 4.78 is 16.8. The average Bonchev–Trinajstić information content (AvgIpc) is 3.34. The fourth-order valence-corrected chi connectivity index (χ4v) is 8.67. The molecule has 1 atom stereocenters. The number of unbranched alkanes of at least 4 members (excludes halogenated alkanes) is 35. The Balaban J connectivity index is 4.09. The molecule has 6 heteroatoms. The fourth-order valence-electron chi connectivity index (χ4n) is 8.67. The third-order valence-electron chi connectivity index (χ3n) is 13.1. The van der Waals surface area contributed by atoms with Crippen LogP contribution in [0.2, 0.25) is 0 Å². The third-order valence-corrected chi connectivity index (χ3v) is 13.1. The SMILES string of the molecule is CC/C=C\C/C=C\C/C=C\C/C=C\CCCCCCCCC(=O)OC(COC(=O)CCCCCCCC)COC(=O)CCCCCCCCCCCCCCCCCCCCCCCCCCC. The molecular formula is C62H112O6. The van der Waals surface area contributed by atoms with Crippen LogP contribution < -0.4 is 0 Å². The van der Waals surface area contributed by atoms with E-state index in [1.54, 1.807) is 0 Å². The summed E-state index contributed by atoms with van der Waals surface area (Å²) in [6.45, 7) is 6.49. The summed E-state index contributed by atoms with van der Waals surface area (Å²) in [4.78, 5) is 37.9. The highest BCUT2D eigenvalue weighted by atomic mass is 16.6. The summed E-state index contributed by atoms with van der Waals surface area (Å²) in [5.41, 5.74) is 0. The zero-order chi connectivity index (χ0) is 49.3. The molecule has 0 aromatic carbocycles. The Labute approximate surface area is 422 Å². The summed E-state index contributed by atoms with van der Waals surface area (Å²) >= 11 is 0. The molecule has 0 saturated heterocycles. The van der Waals surface area contributed by atoms with Gasteiger partial charge in [-0.1, -0.05) is 281 Å². The summed E-state index contributed by atoms with van der Waals surface area (Å²) in [5, 5.41) is 0. The maximum atomic E-state index is 12.8. The normalized spacial score (nSPS) is 12.3. The molecule has 0 bridgehead atoms. The number of hydrogen-bond donors (Lipinski definition) is 0. The predicted molar refractivity (Wildman–Crippen MR) is 293 cm³/mol. The number of ether oxygens (including phenoxy) is 3. The van der Waals surface area contributed by atoms with E-state index in [0.717, 1.165) is 96.3 Å². The van der Waals surface area contributed by atoms with Crippen LogP contribution in [-0.2, 0) is 28.6 Å². The second-order valence-corrected chi connectivity index (χ2v) is 19.9. The fraction of sp³-hybridized carbons (Fsp3) is 0.823. The lowest BCUT2D eigenvalue weighted by Crippen LogP contribution is -2.30. The summed E-state index contributed by atoms with van der Waals surface area (Å²) in [5.74, 6) is -0.886. The number of carbonyl (C=O) groups is 3. The van der Waals surface area contributed by atoms with E-state index in [9.17, 15) is 14.4 Å². The Hall–Kier alpha value is -2.63. The molecule has 0 heterocycles. The first-order valence-corrected chi connectivity index (χ1v) is 29.6. The van der Waals surface area contributed by atoms with Crippen LogP contribution in [0.4, 0.5) is 0 Å². The van der Waals surface area contributed by atoms with Gasteiger partial charge < -0.3 is 14.2 Å². The first-order valence-electron chi connectivity index (χ1n) is 29.6. The quantitative estimate of drug-likeness (QED) is 0.0262. The van der Waals surface area contributed by atoms with Crippen molar-refractivity contribution >= 4 is 17.9 Å². The molecule has 0 aliphatic rings. The Morgan fingerprint density at radius 2 is 0.574 bits per heavy atom. The Morgan fingerprint density at radius 1 is 0.309 bits per heavy atom. The van der Waals surface area contributed by atoms with E-state index in [4.69, 9.17) is 14.2 Å². The zero-order valence-corrected chi connectivity index (χ0v) is 45.4. The lowest BCUT2D eigenvalue weighted by atomic mass is 10.0. The van der Waals surface area contributed by atoms with Gasteiger partial charge in [0, 0.05) is 19.3 Å². The topological polar surface area (TPSA) is 78.9 Å². The van der Waals surface area contributed by atoms with Crippen molar-refractivity contribution in [1.82, 2.24) is 0 Å². The second kappa shape index (κ2) is 57.0. The van der Waals surface area contributed by atoms with E-state index in [1.165, 1.54) is 173 Å². The molecule has 396 valence electrons. The lowest BCUT2D eigenvalue weighted by molar-refractivity contribution is -0.167. The third kappa shape index (κ3) is 54.3. The maximum absolute atomic E-state index is 12.8. The molecule has 6 nitrogen and oxygen atoms in total. The van der Waals surface area contributed by atoms with Gasteiger partial charge in [-0.3, -0.25) is 14.4 Å². The highest BCUT2D eigenvalue weighted by molar-refractivity contribution is 5.71. The number of allylic oxidation sites excluding steroid dienone is 8. The van der Waals surface area contributed by atoms with Crippen LogP contribution in [0.15, 0.2) is 48.6 Å². The van der Waals surface area contributed by atoms with Gasteiger partial charge in [-0.25, -0.2) is 0 Å². The van der Waals surface area contributed by atoms with E-state index in [2.05, 4.69) is 69.4 Å². The summed E-state index contributed by atoms with van der Waals surface area (Å²) in [7, 11) is 0. The first kappa shape index (κ1) is 65.4. The number of esters is 3. The van der Waals surface area contributed by atoms with Crippen LogP contribution in [0.3, 0.4) is 0 Å². The molecule has 0 fully saturated rings. The Kier molecular flexibility index (Phi) is 54.8. The Morgan fingerprint density at radius 3 is 0.897 bits per heavy atom. The Bertz CT molecular complexity index is 1190. The smallest absolute Gasteiger partial charge is 0.306 e. The van der Waals surface area contributed by atoms with Crippen molar-refractivity contribution in [2.24, 2.45) is 0 Å². The van der Waals surface area contributed by atoms with Crippen molar-refractivity contribution in [3.63, 3.8) is 0 Å². The van der Waals surface area contributed by atoms with Gasteiger partial charge in [-0.15, -0.1) is 0 Å². The van der Waals surface area contributed by atoms with Crippen LogP contribution in [0.5, 0.6) is 0 Å². The van der Waals surface area contributed by atoms with E-state index in [1.807, 2.05) is 0 Å². The standard InChI is InChI=1S/C62H112O6/c1-4-7-10-13-16-18-20-22-24-26-28-29-30-31-32-33-35-36-38-40-42-44-46-49-52-55-61(64)67-58-59(57-66-60(63)54-51-48-15-12-9-6-3)68-62(65)56-53-50-47-45-43-41-39-37-34-27-25-23-21-19-17-14-11-8-5-2/h8,11,17,19,23,25,34,37,59H,4-7,9-10,12-16,18,20-22,24,26-33,35-36,38-58H2,1-3H3/b11-8-,19-17-,25-23-,37-34-. The van der Waals surface area contributed by atoms with Crippen molar-refractivity contribution in [2.45, 2.75) is 316 Å². The molecule has 1 unspecified atom stereocenters. The van der Waals surface area contributed by atoms with Gasteiger partial charge in [0.2, 0.25) is 0 Å². The minimum atomic E-state index is -0.776. The minimum Gasteiger partial charge on any atom is -0.462 e. The maximum Gasteiger partial charge on any atom is 0.306 e. The highest BCUT2D eigenvalue weighted by Crippen LogP contribution is 2.17. The zero-order valence-electron chi connectivity index (χ0n) is 45.4. The van der Waals surface area contributed by atoms with Gasteiger partial charge in [0.1, 0.15) is 13.2 Å². The predicted octanol–water partition coefficient (Wildman–Crippen LogP) is 19.8. The molecular weight excluding hydrogens is 841 g/mol. The average molecular weight is 954 g/mol. The second-order valence-electron chi connectivity index (χ2n) is 19.9. The summed E-state index contributed by atoms with van der Waals surface area (Å²) in [6, 6.07) is 0. The minimum absolute atomic E-state index is 0.0758. The molecule has 0 aromatic rings. The monoisotopic (exact) mass is 953 g/mol. The number of hydrogen-bond acceptors (Lipinski definition) is 6. The molecule has 0 radical (unpaired) electrons. The number of carbonyl (C=O) groups excluding carboxylic acids is 3. The molecule has 0 saturated carbocycles. The van der Waals surface area contributed by atoms with Gasteiger partial charge in [-0.2, -0.15) is 0 Å². The molecule has 0 aromatic heterocycles. The van der Waals surface area contributed by atoms with Crippen LogP contribution in [0.1, 0.15) is 310 Å². The van der Waals surface area contributed by atoms with Crippen LogP contribution in [0.25, 0.3) is 0 Å². The molecule has 0 rings (SSSR count). The first-order chi connectivity index (χ1) is 33.5. The molecule has 0 aliphatic heterocycles. The van der Waals surface area contributed by atoms with E-state index >= 15 is 0 Å². The summed E-state index contributed by atoms with van der Waals surface area (Å²) in [6.07, 6.45) is 70.1. The van der Waals surface area contributed by atoms with Gasteiger partial charge >= 0.3 is 17.9 Å². The molecule has 0 spiro atoms. The largest absolute Gasteiger partial charge is 0.462 e. The van der Waals surface area contributed by atoms with Gasteiger partial charge in [0.15, 0.2) is 6.10 Å². The van der Waals surface area contributed by atoms with Gasteiger partial charge in [0.25, 0.3) is 0 Å². The van der Waals surface area contributed by atoms with Crippen molar-refractivity contribution in [3.05, 3.63) is 48.6 Å².